The molecular weight excluding hydrogens is 199 g/mol. The van der Waals surface area contributed by atoms with Crippen LogP contribution in [0.5, 0.6) is 0 Å². The van der Waals surface area contributed by atoms with Gasteiger partial charge in [0.05, 0.1) is 0 Å². The molecule has 0 aliphatic heterocycles. The summed E-state index contributed by atoms with van der Waals surface area (Å²) in [5.41, 5.74) is 3.39. The van der Waals surface area contributed by atoms with E-state index in [9.17, 15) is 9.18 Å². The van der Waals surface area contributed by atoms with Crippen molar-refractivity contribution < 1.29 is 13.9 Å². The van der Waals surface area contributed by atoms with Crippen LogP contribution < -0.4 is 5.73 Å². The van der Waals surface area contributed by atoms with Gasteiger partial charge in [0.2, 0.25) is 0 Å². The second-order valence-corrected chi connectivity index (χ2v) is 3.08. The van der Waals surface area contributed by atoms with Gasteiger partial charge >= 0.3 is 5.97 Å². The van der Waals surface area contributed by atoms with Crippen LogP contribution >= 0.6 is 12.4 Å². The van der Waals surface area contributed by atoms with E-state index in [1.165, 1.54) is 13.8 Å². The van der Waals surface area contributed by atoms with Crippen LogP contribution in [-0.4, -0.2) is 24.1 Å². The molecular formula is C7H14ClFN2O2. The first-order valence-electron chi connectivity index (χ1n) is 3.49. The molecule has 0 rings (SSSR count). The Hall–Kier alpha value is -0.840. The normalized spacial score (nSPS) is 10.1. The minimum Gasteiger partial charge on any atom is -0.462 e. The monoisotopic (exact) mass is 212 g/mol. The van der Waals surface area contributed by atoms with Crippen molar-refractivity contribution in [2.75, 3.05) is 6.61 Å². The fraction of sp³-hybridized carbons (Fsp3) is 0.714. The fourth-order valence-electron chi connectivity index (χ4n) is 0.459. The molecule has 0 aromatic rings. The zero-order chi connectivity index (χ0) is 9.78. The molecule has 0 aliphatic rings. The number of alkyl halides is 1. The Morgan fingerprint density at radius 1 is 1.62 bits per heavy atom. The van der Waals surface area contributed by atoms with Crippen molar-refractivity contribution in [3.63, 3.8) is 0 Å². The summed E-state index contributed by atoms with van der Waals surface area (Å²) in [4.78, 5) is 10.7. The van der Waals surface area contributed by atoms with Gasteiger partial charge in [-0.25, -0.2) is 4.39 Å². The first kappa shape index (κ1) is 14.7. The number of halogens is 2. The molecule has 0 spiro atoms. The van der Waals surface area contributed by atoms with Crippen molar-refractivity contribution >= 4 is 24.2 Å². The number of carbonyl (C=O) groups is 1. The van der Waals surface area contributed by atoms with E-state index in [1.54, 1.807) is 0 Å². The van der Waals surface area contributed by atoms with Gasteiger partial charge in [0.25, 0.3) is 0 Å². The second kappa shape index (κ2) is 5.75. The van der Waals surface area contributed by atoms with E-state index in [0.717, 1.165) is 0 Å². The van der Waals surface area contributed by atoms with E-state index in [2.05, 4.69) is 4.74 Å². The summed E-state index contributed by atoms with van der Waals surface area (Å²) in [5.74, 6) is -0.954. The number of nitrogens with two attached hydrogens (primary N) is 1. The van der Waals surface area contributed by atoms with Crippen molar-refractivity contribution in [2.24, 2.45) is 5.73 Å². The number of hydrogen-bond acceptors (Lipinski definition) is 3. The van der Waals surface area contributed by atoms with Crippen LogP contribution in [0.3, 0.4) is 0 Å². The summed E-state index contributed by atoms with van der Waals surface area (Å²) in [7, 11) is 0. The van der Waals surface area contributed by atoms with E-state index in [-0.39, 0.29) is 31.3 Å². The summed E-state index contributed by atoms with van der Waals surface area (Å²) in [6.07, 6.45) is -0.282. The lowest BCUT2D eigenvalue weighted by Gasteiger charge is -2.13. The Labute approximate surface area is 82.5 Å². The molecule has 13 heavy (non-hydrogen) atoms. The average molecular weight is 213 g/mol. The summed E-state index contributed by atoms with van der Waals surface area (Å²) < 4.78 is 17.2. The fourth-order valence-corrected chi connectivity index (χ4v) is 0.459. The molecule has 0 aromatic carbocycles. The van der Waals surface area contributed by atoms with Crippen molar-refractivity contribution in [3.05, 3.63) is 0 Å². The molecule has 0 heterocycles. The molecule has 0 aromatic heterocycles. The minimum absolute atomic E-state index is 0. The average Bonchev–Trinajstić information content (AvgIpc) is 1.80. The van der Waals surface area contributed by atoms with E-state index in [1.807, 2.05) is 0 Å². The Bertz CT molecular complexity index is 191. The first-order valence-corrected chi connectivity index (χ1v) is 3.49. The van der Waals surface area contributed by atoms with Crippen LogP contribution in [0, 0.1) is 5.41 Å². The van der Waals surface area contributed by atoms with Gasteiger partial charge in [-0.15, -0.1) is 12.4 Å². The van der Waals surface area contributed by atoms with Crippen LogP contribution in [0.15, 0.2) is 0 Å². The third-order valence-corrected chi connectivity index (χ3v) is 0.911. The molecule has 0 bridgehead atoms. The van der Waals surface area contributed by atoms with Crippen LogP contribution in [0.4, 0.5) is 4.39 Å². The third-order valence-electron chi connectivity index (χ3n) is 0.911. The lowest BCUT2D eigenvalue weighted by Crippen LogP contribution is -2.25. The summed E-state index contributed by atoms with van der Waals surface area (Å²) >= 11 is 0. The third kappa shape index (κ3) is 11.2. The number of hydrogen-bond donors (Lipinski definition) is 2. The Morgan fingerprint density at radius 3 is 2.38 bits per heavy atom. The highest BCUT2D eigenvalue weighted by Gasteiger charge is 2.18. The van der Waals surface area contributed by atoms with Crippen molar-refractivity contribution in [3.8, 4) is 0 Å². The van der Waals surface area contributed by atoms with Gasteiger partial charge in [-0.2, -0.15) is 0 Å². The van der Waals surface area contributed by atoms with E-state index >= 15 is 0 Å². The standard InChI is InChI=1S/C7H13FN2O2.ClH/c1-7(2,8)4-12-6(11)3-5(9)10;/h3-4H2,1-2H3,(H3,9,10);1H. The summed E-state index contributed by atoms with van der Waals surface area (Å²) in [6, 6.07) is 0. The van der Waals surface area contributed by atoms with Gasteiger partial charge in [-0.1, -0.05) is 0 Å². The topological polar surface area (TPSA) is 76.2 Å². The maximum atomic E-state index is 12.7. The molecule has 0 fully saturated rings. The van der Waals surface area contributed by atoms with Gasteiger partial charge in [0, 0.05) is 0 Å². The molecule has 0 saturated heterocycles. The smallest absolute Gasteiger partial charge is 0.313 e. The lowest BCUT2D eigenvalue weighted by molar-refractivity contribution is -0.145. The number of esters is 1. The highest BCUT2D eigenvalue weighted by Crippen LogP contribution is 2.08. The number of ether oxygens (including phenoxy) is 1. The number of carbonyl (C=O) groups excluding carboxylic acids is 1. The van der Waals surface area contributed by atoms with Gasteiger partial charge < -0.3 is 10.5 Å². The van der Waals surface area contributed by atoms with Crippen molar-refractivity contribution in [2.45, 2.75) is 25.9 Å². The molecule has 0 saturated carbocycles. The molecule has 0 aliphatic carbocycles. The van der Waals surface area contributed by atoms with Crippen LogP contribution in [0.25, 0.3) is 0 Å². The van der Waals surface area contributed by atoms with E-state index < -0.39 is 11.6 Å². The van der Waals surface area contributed by atoms with Crippen LogP contribution in [-0.2, 0) is 9.53 Å². The zero-order valence-electron chi connectivity index (χ0n) is 7.59. The predicted octanol–water partition coefficient (Wildman–Crippen LogP) is 1.03. The molecule has 6 heteroatoms. The molecule has 3 N–H and O–H groups in total. The number of rotatable bonds is 4. The maximum absolute atomic E-state index is 12.7. The first-order chi connectivity index (χ1) is 5.31. The maximum Gasteiger partial charge on any atom is 0.313 e. The largest absolute Gasteiger partial charge is 0.462 e. The van der Waals surface area contributed by atoms with Gasteiger partial charge in [-0.05, 0) is 13.8 Å². The lowest BCUT2D eigenvalue weighted by atomic mass is 10.2. The highest BCUT2D eigenvalue weighted by atomic mass is 35.5. The Balaban J connectivity index is 0. The van der Waals surface area contributed by atoms with Crippen molar-refractivity contribution in [1.82, 2.24) is 0 Å². The molecule has 0 atom stereocenters. The number of nitrogens with one attached hydrogen (secondary N) is 1. The highest BCUT2D eigenvalue weighted by molar-refractivity contribution is 5.94. The molecule has 0 amide bonds. The number of amidine groups is 1. The summed E-state index contributed by atoms with van der Waals surface area (Å²) in [5, 5.41) is 6.74. The van der Waals surface area contributed by atoms with E-state index in [0.29, 0.717) is 0 Å². The van der Waals surface area contributed by atoms with Crippen molar-refractivity contribution in [1.29, 1.82) is 5.41 Å². The molecule has 0 unspecified atom stereocenters. The molecule has 4 nitrogen and oxygen atoms in total. The second-order valence-electron chi connectivity index (χ2n) is 3.08. The van der Waals surface area contributed by atoms with Crippen LogP contribution in [0.2, 0.25) is 0 Å². The summed E-state index contributed by atoms with van der Waals surface area (Å²) in [6.45, 7) is 2.29. The van der Waals surface area contributed by atoms with Gasteiger partial charge in [0.1, 0.15) is 24.5 Å². The zero-order valence-corrected chi connectivity index (χ0v) is 8.41. The van der Waals surface area contributed by atoms with Gasteiger partial charge in [-0.3, -0.25) is 10.2 Å². The predicted molar refractivity (Wildman–Crippen MR) is 49.9 cm³/mol. The Morgan fingerprint density at radius 2 is 2.08 bits per heavy atom. The van der Waals surface area contributed by atoms with E-state index in [4.69, 9.17) is 11.1 Å². The quantitative estimate of drug-likeness (QED) is 0.415. The molecule has 0 radical (unpaired) electrons. The minimum atomic E-state index is -1.54. The Kier molecular flexibility index (Phi) is 6.48. The van der Waals surface area contributed by atoms with Gasteiger partial charge in [0.15, 0.2) is 0 Å². The van der Waals surface area contributed by atoms with Crippen LogP contribution in [0.1, 0.15) is 20.3 Å². The molecule has 78 valence electrons. The SMILES string of the molecule is CC(C)(F)COC(=O)CC(=N)N.Cl.